The van der Waals surface area contributed by atoms with Gasteiger partial charge in [0.1, 0.15) is 0 Å². The number of carbonyl (C=O) groups is 2. The van der Waals surface area contributed by atoms with Crippen molar-refractivity contribution in [1.82, 2.24) is 9.80 Å². The molecule has 0 saturated carbocycles. The SMILES string of the molecule is O=C(O)CCC1CCCN(CC(=O)N2CCCC2)C1. The van der Waals surface area contributed by atoms with Gasteiger partial charge in [-0.1, -0.05) is 0 Å². The van der Waals surface area contributed by atoms with Gasteiger partial charge in [-0.2, -0.15) is 0 Å². The highest BCUT2D eigenvalue weighted by Crippen LogP contribution is 2.21. The average Bonchev–Trinajstić information content (AvgIpc) is 2.91. The zero-order chi connectivity index (χ0) is 13.7. The van der Waals surface area contributed by atoms with Crippen LogP contribution in [-0.4, -0.2) is 59.5 Å². The first-order valence-corrected chi connectivity index (χ1v) is 7.37. The predicted molar refractivity (Wildman–Crippen MR) is 71.8 cm³/mol. The Morgan fingerprint density at radius 3 is 2.53 bits per heavy atom. The van der Waals surface area contributed by atoms with Crippen molar-refractivity contribution in [3.05, 3.63) is 0 Å². The van der Waals surface area contributed by atoms with Crippen molar-refractivity contribution in [3.8, 4) is 0 Å². The fourth-order valence-electron chi connectivity index (χ4n) is 3.12. The van der Waals surface area contributed by atoms with Crippen LogP contribution in [0.25, 0.3) is 0 Å². The lowest BCUT2D eigenvalue weighted by Crippen LogP contribution is -2.43. The van der Waals surface area contributed by atoms with Gasteiger partial charge in [-0.05, 0) is 44.6 Å². The molecule has 2 heterocycles. The standard InChI is InChI=1S/C14H24N2O3/c17-13(16-8-1-2-9-16)11-15-7-3-4-12(10-15)5-6-14(18)19/h12H,1-11H2,(H,18,19). The molecule has 2 rings (SSSR count). The van der Waals surface area contributed by atoms with E-state index < -0.39 is 5.97 Å². The third-order valence-electron chi connectivity index (χ3n) is 4.19. The number of carboxylic acids is 1. The number of rotatable bonds is 5. The van der Waals surface area contributed by atoms with Gasteiger partial charge in [-0.3, -0.25) is 14.5 Å². The van der Waals surface area contributed by atoms with Gasteiger partial charge in [-0.15, -0.1) is 0 Å². The van der Waals surface area contributed by atoms with E-state index in [-0.39, 0.29) is 12.3 Å². The molecule has 1 unspecified atom stereocenters. The van der Waals surface area contributed by atoms with Gasteiger partial charge >= 0.3 is 5.97 Å². The van der Waals surface area contributed by atoms with E-state index in [4.69, 9.17) is 5.11 Å². The molecule has 1 amide bonds. The average molecular weight is 268 g/mol. The lowest BCUT2D eigenvalue weighted by molar-refractivity contribution is -0.137. The number of aliphatic carboxylic acids is 1. The molecule has 2 fully saturated rings. The van der Waals surface area contributed by atoms with Crippen LogP contribution in [0.15, 0.2) is 0 Å². The molecule has 5 heteroatoms. The van der Waals surface area contributed by atoms with E-state index >= 15 is 0 Å². The van der Waals surface area contributed by atoms with E-state index in [1.54, 1.807) is 0 Å². The number of hydrogen-bond donors (Lipinski definition) is 1. The molecule has 0 aromatic carbocycles. The second-order valence-electron chi connectivity index (χ2n) is 5.76. The molecule has 5 nitrogen and oxygen atoms in total. The number of likely N-dealkylation sites (tertiary alicyclic amines) is 2. The van der Waals surface area contributed by atoms with E-state index in [1.807, 2.05) is 4.90 Å². The maximum atomic E-state index is 12.1. The van der Waals surface area contributed by atoms with Crippen LogP contribution < -0.4 is 0 Å². The highest BCUT2D eigenvalue weighted by Gasteiger charge is 2.25. The normalized spacial score (nSPS) is 24.6. The summed E-state index contributed by atoms with van der Waals surface area (Å²) in [6.07, 6.45) is 5.43. The van der Waals surface area contributed by atoms with Crippen molar-refractivity contribution in [2.75, 3.05) is 32.7 Å². The number of piperidine rings is 1. The monoisotopic (exact) mass is 268 g/mol. The molecular formula is C14H24N2O3. The minimum atomic E-state index is -0.717. The fraction of sp³-hybridized carbons (Fsp3) is 0.857. The van der Waals surface area contributed by atoms with Gasteiger partial charge < -0.3 is 10.0 Å². The Morgan fingerprint density at radius 2 is 1.84 bits per heavy atom. The molecule has 1 atom stereocenters. The summed E-state index contributed by atoms with van der Waals surface area (Å²) in [6.45, 7) is 4.20. The summed E-state index contributed by atoms with van der Waals surface area (Å²) >= 11 is 0. The summed E-state index contributed by atoms with van der Waals surface area (Å²) in [4.78, 5) is 26.8. The zero-order valence-electron chi connectivity index (χ0n) is 11.5. The first-order chi connectivity index (χ1) is 9.15. The molecule has 2 aliphatic rings. The molecule has 0 aromatic heterocycles. The Bertz CT molecular complexity index is 327. The summed E-state index contributed by atoms with van der Waals surface area (Å²) in [6, 6.07) is 0. The maximum Gasteiger partial charge on any atom is 0.303 e. The van der Waals surface area contributed by atoms with Crippen LogP contribution in [0.1, 0.15) is 38.5 Å². The van der Waals surface area contributed by atoms with Crippen LogP contribution in [0.3, 0.4) is 0 Å². The summed E-state index contributed by atoms with van der Waals surface area (Å²) in [5, 5.41) is 8.72. The van der Waals surface area contributed by atoms with Crippen molar-refractivity contribution in [1.29, 1.82) is 0 Å². The Morgan fingerprint density at radius 1 is 1.11 bits per heavy atom. The van der Waals surface area contributed by atoms with Crippen molar-refractivity contribution in [2.24, 2.45) is 5.92 Å². The number of amides is 1. The third-order valence-corrected chi connectivity index (χ3v) is 4.19. The molecule has 1 N–H and O–H groups in total. The highest BCUT2D eigenvalue weighted by atomic mass is 16.4. The summed E-state index contributed by atoms with van der Waals surface area (Å²) in [5.41, 5.74) is 0. The molecule has 2 saturated heterocycles. The number of nitrogens with zero attached hydrogens (tertiary/aromatic N) is 2. The predicted octanol–water partition coefficient (Wildman–Crippen LogP) is 1.19. The molecule has 108 valence electrons. The summed E-state index contributed by atoms with van der Waals surface area (Å²) in [5.74, 6) is -0.0297. The van der Waals surface area contributed by atoms with E-state index in [0.717, 1.165) is 58.3 Å². The largest absolute Gasteiger partial charge is 0.481 e. The van der Waals surface area contributed by atoms with E-state index in [0.29, 0.717) is 12.5 Å². The lowest BCUT2D eigenvalue weighted by Gasteiger charge is -2.33. The maximum absolute atomic E-state index is 12.1. The van der Waals surface area contributed by atoms with Crippen molar-refractivity contribution >= 4 is 11.9 Å². The molecule has 19 heavy (non-hydrogen) atoms. The van der Waals surface area contributed by atoms with E-state index in [1.165, 1.54) is 0 Å². The highest BCUT2D eigenvalue weighted by molar-refractivity contribution is 5.78. The fourth-order valence-corrected chi connectivity index (χ4v) is 3.12. The van der Waals surface area contributed by atoms with Crippen LogP contribution >= 0.6 is 0 Å². The second kappa shape index (κ2) is 6.89. The lowest BCUT2D eigenvalue weighted by atomic mass is 9.93. The Labute approximate surface area is 114 Å². The minimum absolute atomic E-state index is 0.247. The van der Waals surface area contributed by atoms with Gasteiger partial charge in [-0.25, -0.2) is 0 Å². The molecule has 0 aliphatic carbocycles. The molecule has 0 bridgehead atoms. The minimum Gasteiger partial charge on any atom is -0.481 e. The summed E-state index contributed by atoms with van der Waals surface area (Å²) in [7, 11) is 0. The quantitative estimate of drug-likeness (QED) is 0.813. The summed E-state index contributed by atoms with van der Waals surface area (Å²) < 4.78 is 0. The van der Waals surface area contributed by atoms with Crippen molar-refractivity contribution in [3.63, 3.8) is 0 Å². The second-order valence-corrected chi connectivity index (χ2v) is 5.76. The van der Waals surface area contributed by atoms with Gasteiger partial charge in [0.15, 0.2) is 0 Å². The van der Waals surface area contributed by atoms with Crippen molar-refractivity contribution < 1.29 is 14.7 Å². The molecule has 0 spiro atoms. The number of carboxylic acid groups (broad SMARTS) is 1. The van der Waals surface area contributed by atoms with Crippen LogP contribution in [-0.2, 0) is 9.59 Å². The Balaban J connectivity index is 1.73. The van der Waals surface area contributed by atoms with E-state index in [9.17, 15) is 9.59 Å². The smallest absolute Gasteiger partial charge is 0.303 e. The zero-order valence-corrected chi connectivity index (χ0v) is 11.5. The van der Waals surface area contributed by atoms with Gasteiger partial charge in [0, 0.05) is 26.1 Å². The Kier molecular flexibility index (Phi) is 5.19. The molecule has 0 aromatic rings. The van der Waals surface area contributed by atoms with Crippen LogP contribution in [0, 0.1) is 5.92 Å². The van der Waals surface area contributed by atoms with Gasteiger partial charge in [0.2, 0.25) is 5.91 Å². The molecule has 2 aliphatic heterocycles. The number of carbonyl (C=O) groups excluding carboxylic acids is 1. The number of hydrogen-bond acceptors (Lipinski definition) is 3. The third kappa shape index (κ3) is 4.49. The van der Waals surface area contributed by atoms with E-state index in [2.05, 4.69) is 4.90 Å². The topological polar surface area (TPSA) is 60.9 Å². The van der Waals surface area contributed by atoms with Crippen LogP contribution in [0.2, 0.25) is 0 Å². The van der Waals surface area contributed by atoms with Crippen molar-refractivity contribution in [2.45, 2.75) is 38.5 Å². The first kappa shape index (κ1) is 14.3. The first-order valence-electron chi connectivity index (χ1n) is 7.37. The molecular weight excluding hydrogens is 244 g/mol. The Hall–Kier alpha value is -1.10. The van der Waals surface area contributed by atoms with Gasteiger partial charge in [0.05, 0.1) is 6.54 Å². The van der Waals surface area contributed by atoms with Gasteiger partial charge in [0.25, 0.3) is 0 Å². The van der Waals surface area contributed by atoms with Crippen LogP contribution in [0.5, 0.6) is 0 Å². The molecule has 0 radical (unpaired) electrons. The van der Waals surface area contributed by atoms with Crippen LogP contribution in [0.4, 0.5) is 0 Å².